The zero-order chi connectivity index (χ0) is 7.56. The molecular formula is C9H10S. The number of aryl methyl sites for hydroxylation is 2. The number of hydrogen-bond donors (Lipinski definition) is 0. The summed E-state index contributed by atoms with van der Waals surface area (Å²) in [7, 11) is 0. The van der Waals surface area contributed by atoms with E-state index in [1.807, 2.05) is 11.3 Å². The molecule has 0 aliphatic carbocycles. The Balaban J connectivity index is 2.94. The van der Waals surface area contributed by atoms with Crippen molar-refractivity contribution < 1.29 is 0 Å². The van der Waals surface area contributed by atoms with Crippen LogP contribution >= 0.6 is 11.3 Å². The molecule has 1 aromatic rings. The molecule has 0 bridgehead atoms. The van der Waals surface area contributed by atoms with E-state index in [2.05, 4.69) is 25.8 Å². The zero-order valence-electron chi connectivity index (χ0n) is 6.27. The summed E-state index contributed by atoms with van der Waals surface area (Å²) in [6.07, 6.45) is 5.97. The van der Waals surface area contributed by atoms with E-state index in [1.54, 1.807) is 0 Å². The lowest BCUT2D eigenvalue weighted by Gasteiger charge is -1.87. The van der Waals surface area contributed by atoms with E-state index in [1.165, 1.54) is 15.3 Å². The Bertz CT molecular complexity index is 263. The van der Waals surface area contributed by atoms with E-state index in [9.17, 15) is 0 Å². The van der Waals surface area contributed by atoms with Crippen molar-refractivity contribution in [3.8, 4) is 12.3 Å². The molecule has 1 rings (SSSR count). The Morgan fingerprint density at radius 1 is 1.60 bits per heavy atom. The highest BCUT2D eigenvalue weighted by Gasteiger charge is 1.99. The zero-order valence-corrected chi connectivity index (χ0v) is 7.09. The van der Waals surface area contributed by atoms with E-state index in [4.69, 9.17) is 6.42 Å². The summed E-state index contributed by atoms with van der Waals surface area (Å²) in [6.45, 7) is 4.22. The van der Waals surface area contributed by atoms with Crippen LogP contribution in [0.1, 0.15) is 15.3 Å². The molecule has 1 heterocycles. The van der Waals surface area contributed by atoms with Crippen molar-refractivity contribution in [2.75, 3.05) is 0 Å². The third-order valence-electron chi connectivity index (χ3n) is 1.44. The first kappa shape index (κ1) is 7.37. The van der Waals surface area contributed by atoms with E-state index >= 15 is 0 Å². The number of terminal acetylenes is 1. The molecule has 0 aliphatic heterocycles. The molecule has 0 saturated carbocycles. The molecule has 0 N–H and O–H groups in total. The minimum Gasteiger partial charge on any atom is -0.146 e. The largest absolute Gasteiger partial charge is 0.146 e. The molecule has 0 nitrogen and oxygen atoms in total. The second-order valence-electron chi connectivity index (χ2n) is 2.32. The van der Waals surface area contributed by atoms with Gasteiger partial charge >= 0.3 is 0 Å². The fraction of sp³-hybridized carbons (Fsp3) is 0.333. The van der Waals surface area contributed by atoms with Crippen LogP contribution in [0.5, 0.6) is 0 Å². The van der Waals surface area contributed by atoms with Crippen molar-refractivity contribution in [3.63, 3.8) is 0 Å². The molecule has 0 fully saturated rings. The maximum absolute atomic E-state index is 5.19. The highest BCUT2D eigenvalue weighted by Crippen LogP contribution is 2.20. The van der Waals surface area contributed by atoms with Crippen LogP contribution in [0.15, 0.2) is 6.07 Å². The minimum absolute atomic E-state index is 0.774. The molecule has 0 aliphatic rings. The fourth-order valence-corrected chi connectivity index (χ4v) is 1.92. The fourth-order valence-electron chi connectivity index (χ4n) is 0.969. The number of hydrogen-bond acceptors (Lipinski definition) is 1. The molecule has 52 valence electrons. The smallest absolute Gasteiger partial charge is 0.0348 e. The maximum Gasteiger partial charge on any atom is 0.0348 e. The van der Waals surface area contributed by atoms with Crippen molar-refractivity contribution in [1.29, 1.82) is 0 Å². The molecule has 0 spiro atoms. The second-order valence-corrected chi connectivity index (χ2v) is 3.78. The Hall–Kier alpha value is -0.740. The monoisotopic (exact) mass is 150 g/mol. The average molecular weight is 150 g/mol. The molecule has 0 radical (unpaired) electrons. The van der Waals surface area contributed by atoms with Crippen molar-refractivity contribution in [3.05, 3.63) is 21.4 Å². The van der Waals surface area contributed by atoms with Gasteiger partial charge in [-0.1, -0.05) is 0 Å². The molecule has 10 heavy (non-hydrogen) atoms. The summed E-state index contributed by atoms with van der Waals surface area (Å²) in [6, 6.07) is 2.17. The second kappa shape index (κ2) is 2.90. The number of rotatable bonds is 1. The highest BCUT2D eigenvalue weighted by molar-refractivity contribution is 7.12. The lowest BCUT2D eigenvalue weighted by atomic mass is 10.2. The van der Waals surface area contributed by atoms with E-state index in [-0.39, 0.29) is 0 Å². The van der Waals surface area contributed by atoms with Crippen molar-refractivity contribution in [2.24, 2.45) is 0 Å². The summed E-state index contributed by atoms with van der Waals surface area (Å²) >= 11 is 1.81. The quantitative estimate of drug-likeness (QED) is 0.540. The molecule has 0 amide bonds. The first-order valence-electron chi connectivity index (χ1n) is 3.23. The first-order chi connectivity index (χ1) is 4.74. The lowest BCUT2D eigenvalue weighted by Crippen LogP contribution is -1.77. The van der Waals surface area contributed by atoms with E-state index in [0.717, 1.165) is 6.42 Å². The number of thiophene rings is 1. The Labute approximate surface area is 65.9 Å². The van der Waals surface area contributed by atoms with E-state index in [0.29, 0.717) is 0 Å². The van der Waals surface area contributed by atoms with Gasteiger partial charge in [-0.25, -0.2) is 0 Å². The van der Waals surface area contributed by atoms with Gasteiger partial charge in [-0.2, -0.15) is 0 Å². The van der Waals surface area contributed by atoms with Crippen LogP contribution in [0.3, 0.4) is 0 Å². The van der Waals surface area contributed by atoms with E-state index < -0.39 is 0 Å². The normalized spacial score (nSPS) is 9.30. The highest BCUT2D eigenvalue weighted by atomic mass is 32.1. The molecule has 0 aromatic carbocycles. The van der Waals surface area contributed by atoms with Crippen molar-refractivity contribution in [2.45, 2.75) is 20.3 Å². The molecule has 0 unspecified atom stereocenters. The van der Waals surface area contributed by atoms with Gasteiger partial charge in [-0.3, -0.25) is 0 Å². The van der Waals surface area contributed by atoms with Crippen LogP contribution in [0, 0.1) is 26.2 Å². The average Bonchev–Trinajstić information content (AvgIpc) is 2.13. The van der Waals surface area contributed by atoms with Gasteiger partial charge in [-0.15, -0.1) is 23.7 Å². The van der Waals surface area contributed by atoms with Crippen molar-refractivity contribution >= 4 is 11.3 Å². The molecule has 0 atom stereocenters. The molecule has 0 saturated heterocycles. The van der Waals surface area contributed by atoms with Crippen LogP contribution in [0.4, 0.5) is 0 Å². The topological polar surface area (TPSA) is 0 Å². The van der Waals surface area contributed by atoms with Crippen LogP contribution < -0.4 is 0 Å². The molecular weight excluding hydrogens is 140 g/mol. The maximum atomic E-state index is 5.19. The van der Waals surface area contributed by atoms with Crippen LogP contribution in [-0.2, 0) is 6.42 Å². The Kier molecular flexibility index (Phi) is 2.13. The van der Waals surface area contributed by atoms with Gasteiger partial charge in [-0.05, 0) is 25.5 Å². The van der Waals surface area contributed by atoms with Gasteiger partial charge in [0.1, 0.15) is 0 Å². The molecule has 1 heteroatoms. The lowest BCUT2D eigenvalue weighted by molar-refractivity contribution is 1.30. The third-order valence-corrected chi connectivity index (χ3v) is 2.44. The standard InChI is InChI=1S/C9H10S/c1-4-5-9-6-7(2)10-8(9)3/h1,6H,5H2,2-3H3. The SMILES string of the molecule is C#CCc1cc(C)sc1C. The Morgan fingerprint density at radius 2 is 2.30 bits per heavy atom. The van der Waals surface area contributed by atoms with Gasteiger partial charge in [0.2, 0.25) is 0 Å². The van der Waals surface area contributed by atoms with Gasteiger partial charge < -0.3 is 0 Å². The predicted molar refractivity (Wildman–Crippen MR) is 46.3 cm³/mol. The summed E-state index contributed by atoms with van der Waals surface area (Å²) in [4.78, 5) is 2.71. The third kappa shape index (κ3) is 1.40. The van der Waals surface area contributed by atoms with Crippen LogP contribution in [0.25, 0.3) is 0 Å². The van der Waals surface area contributed by atoms with Crippen molar-refractivity contribution in [1.82, 2.24) is 0 Å². The summed E-state index contributed by atoms with van der Waals surface area (Å²) in [5.41, 5.74) is 1.31. The van der Waals surface area contributed by atoms with Gasteiger partial charge in [0.05, 0.1) is 0 Å². The van der Waals surface area contributed by atoms with Crippen LogP contribution in [0.2, 0.25) is 0 Å². The Morgan fingerprint density at radius 3 is 2.70 bits per heavy atom. The summed E-state index contributed by atoms with van der Waals surface area (Å²) in [5, 5.41) is 0. The van der Waals surface area contributed by atoms with Gasteiger partial charge in [0, 0.05) is 16.2 Å². The first-order valence-corrected chi connectivity index (χ1v) is 4.05. The van der Waals surface area contributed by atoms with Gasteiger partial charge in [0.25, 0.3) is 0 Å². The summed E-state index contributed by atoms with van der Waals surface area (Å²) < 4.78 is 0. The summed E-state index contributed by atoms with van der Waals surface area (Å²) in [5.74, 6) is 2.64. The predicted octanol–water partition coefficient (Wildman–Crippen LogP) is 2.54. The van der Waals surface area contributed by atoms with Crippen LogP contribution in [-0.4, -0.2) is 0 Å². The minimum atomic E-state index is 0.774. The molecule has 1 aromatic heterocycles. The van der Waals surface area contributed by atoms with Gasteiger partial charge in [0.15, 0.2) is 0 Å².